The number of carbonyl (C=O) groups excluding carboxylic acids is 2. The van der Waals surface area contributed by atoms with Gasteiger partial charge < -0.3 is 10.6 Å². The van der Waals surface area contributed by atoms with Crippen LogP contribution in [0.1, 0.15) is 6.92 Å². The van der Waals surface area contributed by atoms with Crippen molar-refractivity contribution in [1.29, 1.82) is 5.26 Å². The van der Waals surface area contributed by atoms with Gasteiger partial charge in [-0.25, -0.2) is 4.90 Å². The van der Waals surface area contributed by atoms with Gasteiger partial charge in [0, 0.05) is 31.5 Å². The number of hydrogen-bond acceptors (Lipinski definition) is 5. The molecule has 6 nitrogen and oxygen atoms in total. The van der Waals surface area contributed by atoms with E-state index >= 15 is 0 Å². The number of imide groups is 1. The zero-order valence-corrected chi connectivity index (χ0v) is 14.0. The number of para-hydroxylation sites is 1. The fraction of sp³-hybridized carbons (Fsp3) is 0.105. The summed E-state index contributed by atoms with van der Waals surface area (Å²) < 4.78 is 0. The Kier molecular flexibility index (Phi) is 5.54. The van der Waals surface area contributed by atoms with Gasteiger partial charge in [0.05, 0.1) is 5.69 Å². The van der Waals surface area contributed by atoms with E-state index in [0.29, 0.717) is 11.4 Å². The molecule has 0 saturated heterocycles. The normalized spacial score (nSPS) is 10.7. The van der Waals surface area contributed by atoms with Crippen LogP contribution in [0.15, 0.2) is 66.4 Å². The highest BCUT2D eigenvalue weighted by atomic mass is 16.2. The van der Waals surface area contributed by atoms with Gasteiger partial charge in [-0.2, -0.15) is 5.26 Å². The lowest BCUT2D eigenvalue weighted by Gasteiger charge is -2.20. The third kappa shape index (κ3) is 4.24. The summed E-state index contributed by atoms with van der Waals surface area (Å²) in [7, 11) is 1.72. The Morgan fingerprint density at radius 1 is 1.04 bits per heavy atom. The molecule has 25 heavy (non-hydrogen) atoms. The van der Waals surface area contributed by atoms with Crippen molar-refractivity contribution >= 4 is 28.9 Å². The molecule has 0 saturated carbocycles. The van der Waals surface area contributed by atoms with E-state index in [4.69, 9.17) is 5.73 Å². The van der Waals surface area contributed by atoms with Crippen LogP contribution in [0.3, 0.4) is 0 Å². The number of rotatable bonds is 4. The highest BCUT2D eigenvalue weighted by Crippen LogP contribution is 2.20. The molecular formula is C19H18N4O2. The molecule has 2 aromatic carbocycles. The number of hydrogen-bond donors (Lipinski definition) is 1. The van der Waals surface area contributed by atoms with Crippen LogP contribution in [0.2, 0.25) is 0 Å². The maximum Gasteiger partial charge on any atom is 0.277 e. The molecule has 0 unspecified atom stereocenters. The van der Waals surface area contributed by atoms with Crippen molar-refractivity contribution in [3.8, 4) is 6.07 Å². The molecule has 0 radical (unpaired) electrons. The molecule has 2 rings (SSSR count). The monoisotopic (exact) mass is 334 g/mol. The van der Waals surface area contributed by atoms with Crippen molar-refractivity contribution in [1.82, 2.24) is 0 Å². The van der Waals surface area contributed by atoms with E-state index in [9.17, 15) is 14.9 Å². The first-order valence-electron chi connectivity index (χ1n) is 7.54. The zero-order chi connectivity index (χ0) is 18.4. The summed E-state index contributed by atoms with van der Waals surface area (Å²) in [6, 6.07) is 17.4. The van der Waals surface area contributed by atoms with Crippen LogP contribution < -0.4 is 15.5 Å². The van der Waals surface area contributed by atoms with Crippen molar-refractivity contribution < 1.29 is 9.59 Å². The second-order valence-electron chi connectivity index (χ2n) is 5.35. The van der Waals surface area contributed by atoms with Crippen molar-refractivity contribution in [2.24, 2.45) is 0 Å². The third-order valence-corrected chi connectivity index (χ3v) is 3.51. The SMILES string of the molecule is CC(=O)N(C(=O)/C(C#N)=C\N(C)c1ccccc1)c1ccc(N)cc1. The van der Waals surface area contributed by atoms with E-state index in [1.54, 1.807) is 36.2 Å². The van der Waals surface area contributed by atoms with Gasteiger partial charge in [-0.1, -0.05) is 18.2 Å². The first-order valence-corrected chi connectivity index (χ1v) is 7.54. The van der Waals surface area contributed by atoms with Gasteiger partial charge in [0.2, 0.25) is 5.91 Å². The van der Waals surface area contributed by atoms with Gasteiger partial charge in [-0.15, -0.1) is 0 Å². The first kappa shape index (κ1) is 17.8. The Balaban J connectivity index is 2.36. The minimum atomic E-state index is -0.692. The molecule has 2 amide bonds. The van der Waals surface area contributed by atoms with Crippen molar-refractivity contribution in [3.63, 3.8) is 0 Å². The summed E-state index contributed by atoms with van der Waals surface area (Å²) in [5.74, 6) is -1.18. The molecule has 2 N–H and O–H groups in total. The minimum absolute atomic E-state index is 0.154. The number of nitrogens with zero attached hydrogens (tertiary/aromatic N) is 3. The van der Waals surface area contributed by atoms with Crippen molar-refractivity contribution in [3.05, 3.63) is 66.4 Å². The Morgan fingerprint density at radius 2 is 1.64 bits per heavy atom. The van der Waals surface area contributed by atoms with E-state index in [2.05, 4.69) is 0 Å². The van der Waals surface area contributed by atoms with Crippen molar-refractivity contribution in [2.45, 2.75) is 6.92 Å². The highest BCUT2D eigenvalue weighted by molar-refractivity contribution is 6.21. The standard InChI is InChI=1S/C19H18N4O2/c1-14(24)23(18-10-8-16(21)9-11-18)19(25)15(12-20)13-22(2)17-6-4-3-5-7-17/h3-11,13H,21H2,1-2H3/b15-13-. The Labute approximate surface area is 146 Å². The number of carbonyl (C=O) groups is 2. The number of nitrogens with two attached hydrogens (primary N) is 1. The maximum atomic E-state index is 12.7. The van der Waals surface area contributed by atoms with E-state index in [1.807, 2.05) is 36.4 Å². The molecule has 0 bridgehead atoms. The van der Waals surface area contributed by atoms with Gasteiger partial charge >= 0.3 is 0 Å². The van der Waals surface area contributed by atoms with E-state index in [-0.39, 0.29) is 5.57 Å². The highest BCUT2D eigenvalue weighted by Gasteiger charge is 2.24. The van der Waals surface area contributed by atoms with Crippen LogP contribution in [-0.2, 0) is 9.59 Å². The van der Waals surface area contributed by atoms with Gasteiger partial charge in [0.1, 0.15) is 11.6 Å². The fourth-order valence-electron chi connectivity index (χ4n) is 2.25. The summed E-state index contributed by atoms with van der Waals surface area (Å²) in [6.45, 7) is 1.27. The minimum Gasteiger partial charge on any atom is -0.399 e. The summed E-state index contributed by atoms with van der Waals surface area (Å²) in [5, 5.41) is 9.39. The molecular weight excluding hydrogens is 316 g/mol. The van der Waals surface area contributed by atoms with Crippen LogP contribution in [0.25, 0.3) is 0 Å². The molecule has 0 aliphatic rings. The second kappa shape index (κ2) is 7.79. The average Bonchev–Trinajstić information content (AvgIpc) is 2.61. The van der Waals surface area contributed by atoms with Gasteiger partial charge in [-0.3, -0.25) is 9.59 Å². The van der Waals surface area contributed by atoms with E-state index in [0.717, 1.165) is 10.6 Å². The third-order valence-electron chi connectivity index (χ3n) is 3.51. The molecule has 126 valence electrons. The number of nitriles is 1. The van der Waals surface area contributed by atoms with Crippen LogP contribution in [0.4, 0.5) is 17.1 Å². The predicted octanol–water partition coefficient (Wildman–Crippen LogP) is 2.69. The Bertz CT molecular complexity index is 836. The molecule has 0 aliphatic heterocycles. The van der Waals surface area contributed by atoms with E-state index in [1.165, 1.54) is 13.1 Å². The second-order valence-corrected chi connectivity index (χ2v) is 5.35. The molecule has 6 heteroatoms. The number of nitrogen functional groups attached to an aromatic ring is 1. The lowest BCUT2D eigenvalue weighted by molar-refractivity contribution is -0.123. The largest absolute Gasteiger partial charge is 0.399 e. The zero-order valence-electron chi connectivity index (χ0n) is 14.0. The number of benzene rings is 2. The molecule has 0 heterocycles. The van der Waals surface area contributed by atoms with Gasteiger partial charge in [0.15, 0.2) is 0 Å². The van der Waals surface area contributed by atoms with Crippen LogP contribution >= 0.6 is 0 Å². The maximum absolute atomic E-state index is 12.7. The molecule has 0 aliphatic carbocycles. The van der Waals surface area contributed by atoms with Crippen molar-refractivity contribution in [2.75, 3.05) is 22.6 Å². The van der Waals surface area contributed by atoms with E-state index < -0.39 is 11.8 Å². The number of anilines is 3. The number of amides is 2. The van der Waals surface area contributed by atoms with Gasteiger partial charge in [-0.05, 0) is 36.4 Å². The molecule has 0 atom stereocenters. The Hall–Kier alpha value is -3.59. The van der Waals surface area contributed by atoms with Crippen LogP contribution in [0, 0.1) is 11.3 Å². The fourth-order valence-corrected chi connectivity index (χ4v) is 2.25. The van der Waals surface area contributed by atoms with Crippen LogP contribution in [-0.4, -0.2) is 18.9 Å². The lowest BCUT2D eigenvalue weighted by atomic mass is 10.2. The summed E-state index contributed by atoms with van der Waals surface area (Å²) in [5.41, 5.74) is 7.16. The molecule has 2 aromatic rings. The summed E-state index contributed by atoms with van der Waals surface area (Å²) in [6.07, 6.45) is 1.41. The van der Waals surface area contributed by atoms with Crippen LogP contribution in [0.5, 0.6) is 0 Å². The molecule has 0 spiro atoms. The summed E-state index contributed by atoms with van der Waals surface area (Å²) in [4.78, 5) is 27.3. The first-order chi connectivity index (χ1) is 11.9. The van der Waals surface area contributed by atoms with Gasteiger partial charge in [0.25, 0.3) is 5.91 Å². The molecule has 0 fully saturated rings. The predicted molar refractivity (Wildman–Crippen MR) is 97.6 cm³/mol. The Morgan fingerprint density at radius 3 is 2.16 bits per heavy atom. The summed E-state index contributed by atoms with van der Waals surface area (Å²) >= 11 is 0. The topological polar surface area (TPSA) is 90.4 Å². The molecule has 0 aromatic heterocycles. The quantitative estimate of drug-likeness (QED) is 0.527. The smallest absolute Gasteiger partial charge is 0.277 e. The average molecular weight is 334 g/mol. The lowest BCUT2D eigenvalue weighted by Crippen LogP contribution is -2.36.